The van der Waals surface area contributed by atoms with E-state index in [9.17, 15) is 9.59 Å². The van der Waals surface area contributed by atoms with Crippen molar-refractivity contribution in [2.75, 3.05) is 13.1 Å². The van der Waals surface area contributed by atoms with Crippen LogP contribution in [-0.2, 0) is 14.9 Å². The molecule has 2 rings (SSSR count). The van der Waals surface area contributed by atoms with Gasteiger partial charge in [-0.2, -0.15) is 4.98 Å². The average molecular weight is 337 g/mol. The molecule has 0 atom stereocenters. The first-order valence-electron chi connectivity index (χ1n) is 8.34. The number of rotatable bonds is 3. The number of carbonyl (C=O) groups excluding carboxylic acids is 2. The monoisotopic (exact) mass is 337 g/mol. The zero-order valence-corrected chi connectivity index (χ0v) is 15.4. The molecule has 0 aromatic carbocycles. The van der Waals surface area contributed by atoms with Crippen LogP contribution in [0.25, 0.3) is 0 Å². The second kappa shape index (κ2) is 6.53. The Morgan fingerprint density at radius 3 is 2.25 bits per heavy atom. The van der Waals surface area contributed by atoms with Crippen LogP contribution < -0.4 is 0 Å². The lowest BCUT2D eigenvalue weighted by Gasteiger charge is -2.32. The van der Waals surface area contributed by atoms with Gasteiger partial charge in [0.2, 0.25) is 5.89 Å². The summed E-state index contributed by atoms with van der Waals surface area (Å²) in [5.74, 6) is 1.07. The van der Waals surface area contributed by atoms with Gasteiger partial charge in [0, 0.05) is 19.0 Å². The molecule has 7 nitrogen and oxygen atoms in total. The molecule has 134 valence electrons. The summed E-state index contributed by atoms with van der Waals surface area (Å²) in [5.41, 5.74) is -1.27. The Morgan fingerprint density at radius 2 is 1.75 bits per heavy atom. The number of aromatic nitrogens is 2. The maximum atomic E-state index is 12.1. The predicted octanol–water partition coefficient (Wildman–Crippen LogP) is 3.05. The van der Waals surface area contributed by atoms with E-state index in [4.69, 9.17) is 9.26 Å². The maximum Gasteiger partial charge on any atom is 0.410 e. The number of piperidine rings is 1. The summed E-state index contributed by atoms with van der Waals surface area (Å²) >= 11 is 0. The van der Waals surface area contributed by atoms with E-state index in [0.717, 1.165) is 12.8 Å². The molecular formula is C17H27N3O4. The van der Waals surface area contributed by atoms with Crippen LogP contribution in [0.2, 0.25) is 0 Å². The number of carbonyl (C=O) groups is 2. The molecule has 0 radical (unpaired) electrons. The number of likely N-dealkylation sites (tertiary alicyclic amines) is 1. The molecule has 24 heavy (non-hydrogen) atoms. The minimum Gasteiger partial charge on any atom is -0.444 e. The van der Waals surface area contributed by atoms with Gasteiger partial charge in [-0.3, -0.25) is 4.79 Å². The number of hydrogen-bond donors (Lipinski definition) is 0. The zero-order chi connectivity index (χ0) is 18.1. The molecule has 0 spiro atoms. The summed E-state index contributed by atoms with van der Waals surface area (Å²) in [4.78, 5) is 29.9. The van der Waals surface area contributed by atoms with Gasteiger partial charge in [0.15, 0.2) is 5.82 Å². The number of hydrogen-bond acceptors (Lipinski definition) is 6. The van der Waals surface area contributed by atoms with Crippen LogP contribution in [-0.4, -0.2) is 45.6 Å². The van der Waals surface area contributed by atoms with Gasteiger partial charge < -0.3 is 14.2 Å². The fourth-order valence-electron chi connectivity index (χ4n) is 2.45. The molecule has 1 fully saturated rings. The van der Waals surface area contributed by atoms with Crippen molar-refractivity contribution in [3.8, 4) is 0 Å². The molecule has 2 heterocycles. The fraction of sp³-hybridized carbons (Fsp3) is 0.765. The van der Waals surface area contributed by atoms with E-state index < -0.39 is 11.0 Å². The first-order valence-corrected chi connectivity index (χ1v) is 8.34. The molecule has 0 aliphatic carbocycles. The zero-order valence-electron chi connectivity index (χ0n) is 15.4. The molecular weight excluding hydrogens is 310 g/mol. The Kier molecular flexibility index (Phi) is 5.01. The largest absolute Gasteiger partial charge is 0.444 e. The molecule has 7 heteroatoms. The van der Waals surface area contributed by atoms with Crippen molar-refractivity contribution in [3.63, 3.8) is 0 Å². The van der Waals surface area contributed by atoms with Crippen molar-refractivity contribution < 1.29 is 18.8 Å². The molecule has 0 bridgehead atoms. The van der Waals surface area contributed by atoms with Crippen LogP contribution in [0, 0.1) is 0 Å². The van der Waals surface area contributed by atoms with Crippen LogP contribution in [0.3, 0.4) is 0 Å². The van der Waals surface area contributed by atoms with E-state index in [1.807, 2.05) is 20.8 Å². The van der Waals surface area contributed by atoms with Crippen molar-refractivity contribution in [2.45, 2.75) is 71.3 Å². The molecule has 1 saturated heterocycles. The summed E-state index contributed by atoms with van der Waals surface area (Å²) in [5, 5.41) is 4.04. The van der Waals surface area contributed by atoms with Crippen LogP contribution in [0.15, 0.2) is 4.52 Å². The second-order valence-corrected chi connectivity index (χ2v) is 7.88. The third kappa shape index (κ3) is 4.13. The number of Topliss-reactive ketones (excluding diaryl/α,β-unsaturated/α-hetero) is 1. The number of amides is 1. The SMILES string of the molecule is CC(=O)C(C)(C)c1nc(C2CCN(C(=O)OC(C)(C)C)CC2)no1. The quantitative estimate of drug-likeness (QED) is 0.842. The predicted molar refractivity (Wildman–Crippen MR) is 87.8 cm³/mol. The summed E-state index contributed by atoms with van der Waals surface area (Å²) in [6.07, 6.45) is 1.21. The Balaban J connectivity index is 1.97. The van der Waals surface area contributed by atoms with Gasteiger partial charge >= 0.3 is 6.09 Å². The lowest BCUT2D eigenvalue weighted by atomic mass is 9.89. The van der Waals surface area contributed by atoms with E-state index in [2.05, 4.69) is 10.1 Å². The second-order valence-electron chi connectivity index (χ2n) is 7.88. The minimum absolute atomic E-state index is 0.0163. The van der Waals surface area contributed by atoms with Crippen LogP contribution in [0.4, 0.5) is 4.79 Å². The summed E-state index contributed by atoms with van der Waals surface area (Å²) in [7, 11) is 0. The van der Waals surface area contributed by atoms with Crippen molar-refractivity contribution in [2.24, 2.45) is 0 Å². The van der Waals surface area contributed by atoms with Crippen molar-refractivity contribution in [3.05, 3.63) is 11.7 Å². The number of nitrogens with zero attached hydrogens (tertiary/aromatic N) is 3. The van der Waals surface area contributed by atoms with Crippen LogP contribution in [0.5, 0.6) is 0 Å². The lowest BCUT2D eigenvalue weighted by molar-refractivity contribution is -0.122. The van der Waals surface area contributed by atoms with Gasteiger partial charge in [-0.05, 0) is 54.4 Å². The van der Waals surface area contributed by atoms with Crippen molar-refractivity contribution in [1.82, 2.24) is 15.0 Å². The molecule has 1 aromatic heterocycles. The molecule has 0 N–H and O–H groups in total. The Morgan fingerprint density at radius 1 is 1.17 bits per heavy atom. The Labute approximate surface area is 142 Å². The fourth-order valence-corrected chi connectivity index (χ4v) is 2.45. The highest BCUT2D eigenvalue weighted by molar-refractivity contribution is 5.85. The molecule has 1 aromatic rings. The van der Waals surface area contributed by atoms with Crippen molar-refractivity contribution >= 4 is 11.9 Å². The highest BCUT2D eigenvalue weighted by atomic mass is 16.6. The Hall–Kier alpha value is -1.92. The van der Waals surface area contributed by atoms with Crippen LogP contribution >= 0.6 is 0 Å². The van der Waals surface area contributed by atoms with Gasteiger partial charge in [0.1, 0.15) is 16.8 Å². The minimum atomic E-state index is -0.775. The smallest absolute Gasteiger partial charge is 0.410 e. The Bertz CT molecular complexity index is 608. The van der Waals surface area contributed by atoms with Gasteiger partial charge in [-0.15, -0.1) is 0 Å². The maximum absolute atomic E-state index is 12.1. The van der Waals surface area contributed by atoms with E-state index in [-0.39, 0.29) is 17.8 Å². The molecule has 1 aliphatic rings. The molecule has 1 aliphatic heterocycles. The van der Waals surface area contributed by atoms with Gasteiger partial charge in [-0.1, -0.05) is 5.16 Å². The topological polar surface area (TPSA) is 85.5 Å². The van der Waals surface area contributed by atoms with E-state index in [0.29, 0.717) is 24.8 Å². The van der Waals surface area contributed by atoms with E-state index in [1.165, 1.54) is 6.92 Å². The lowest BCUT2D eigenvalue weighted by Crippen LogP contribution is -2.41. The van der Waals surface area contributed by atoms with Gasteiger partial charge in [-0.25, -0.2) is 4.79 Å². The molecule has 0 unspecified atom stereocenters. The van der Waals surface area contributed by atoms with Gasteiger partial charge in [0.05, 0.1) is 0 Å². The van der Waals surface area contributed by atoms with Crippen LogP contribution in [0.1, 0.15) is 72.0 Å². The van der Waals surface area contributed by atoms with E-state index in [1.54, 1.807) is 18.7 Å². The highest BCUT2D eigenvalue weighted by Gasteiger charge is 2.35. The van der Waals surface area contributed by atoms with Gasteiger partial charge in [0.25, 0.3) is 0 Å². The summed E-state index contributed by atoms with van der Waals surface area (Å²) in [6, 6.07) is 0. The number of ether oxygens (including phenoxy) is 1. The normalized spacial score (nSPS) is 17.0. The standard InChI is InChI=1S/C17H27N3O4/c1-11(21)17(5,6)14-18-13(19-24-14)12-7-9-20(10-8-12)15(22)23-16(2,3)4/h12H,7-10H2,1-6H3. The third-order valence-corrected chi connectivity index (χ3v) is 4.37. The summed E-state index contributed by atoms with van der Waals surface area (Å²) in [6.45, 7) is 11.8. The van der Waals surface area contributed by atoms with E-state index >= 15 is 0 Å². The number of ketones is 1. The third-order valence-electron chi connectivity index (χ3n) is 4.37. The highest BCUT2D eigenvalue weighted by Crippen LogP contribution is 2.29. The first kappa shape index (κ1) is 18.4. The summed E-state index contributed by atoms with van der Waals surface area (Å²) < 4.78 is 10.7. The molecule has 0 saturated carbocycles. The first-order chi connectivity index (χ1) is 11.0. The van der Waals surface area contributed by atoms with Crippen molar-refractivity contribution in [1.29, 1.82) is 0 Å². The average Bonchev–Trinajstić information content (AvgIpc) is 2.96. The molecule has 1 amide bonds.